The summed E-state index contributed by atoms with van der Waals surface area (Å²) in [5.74, 6) is 0.843. The number of fused-ring (bicyclic) bond motifs is 2. The molecule has 0 radical (unpaired) electrons. The minimum absolute atomic E-state index is 0.0313. The number of nitrogens with zero attached hydrogens (tertiary/aromatic N) is 1. The van der Waals surface area contributed by atoms with E-state index in [-0.39, 0.29) is 23.1 Å². The van der Waals surface area contributed by atoms with Crippen molar-refractivity contribution in [2.24, 2.45) is 0 Å². The van der Waals surface area contributed by atoms with Crippen LogP contribution < -0.4 is 15.4 Å². The van der Waals surface area contributed by atoms with Crippen LogP contribution in [-0.4, -0.2) is 21.8 Å². The van der Waals surface area contributed by atoms with E-state index in [0.29, 0.717) is 6.42 Å². The SMILES string of the molecule is CC1(C)CC(NC(=O)Nc2cccc3[nH]ncc23)c2ccc(C(C)(C)C)cc2O1. The number of carbonyl (C=O) groups excluding carboxylic acids is 1. The third-order valence-corrected chi connectivity index (χ3v) is 5.38. The lowest BCUT2D eigenvalue weighted by molar-refractivity contribution is 0.0680. The molecule has 1 aliphatic heterocycles. The van der Waals surface area contributed by atoms with Crippen LogP contribution >= 0.6 is 0 Å². The predicted molar refractivity (Wildman–Crippen MR) is 115 cm³/mol. The van der Waals surface area contributed by atoms with Crippen molar-refractivity contribution < 1.29 is 9.53 Å². The highest BCUT2D eigenvalue weighted by atomic mass is 16.5. The molecule has 0 fully saturated rings. The molecule has 0 saturated carbocycles. The summed E-state index contributed by atoms with van der Waals surface area (Å²) in [6.07, 6.45) is 2.41. The summed E-state index contributed by atoms with van der Waals surface area (Å²) in [6.45, 7) is 10.7. The largest absolute Gasteiger partial charge is 0.487 e. The van der Waals surface area contributed by atoms with E-state index >= 15 is 0 Å². The van der Waals surface area contributed by atoms with Gasteiger partial charge in [0.2, 0.25) is 0 Å². The number of carbonyl (C=O) groups is 1. The highest BCUT2D eigenvalue weighted by molar-refractivity contribution is 6.00. The van der Waals surface area contributed by atoms with Crippen LogP contribution in [0.2, 0.25) is 0 Å². The van der Waals surface area contributed by atoms with E-state index in [9.17, 15) is 4.79 Å². The van der Waals surface area contributed by atoms with Crippen molar-refractivity contribution in [2.45, 2.75) is 58.1 Å². The summed E-state index contributed by atoms with van der Waals surface area (Å²) in [5, 5.41) is 13.9. The van der Waals surface area contributed by atoms with Gasteiger partial charge in [-0.1, -0.05) is 39.0 Å². The van der Waals surface area contributed by atoms with E-state index in [1.165, 1.54) is 5.56 Å². The van der Waals surface area contributed by atoms with Crippen molar-refractivity contribution >= 4 is 22.6 Å². The van der Waals surface area contributed by atoms with Crippen LogP contribution in [0.25, 0.3) is 10.9 Å². The van der Waals surface area contributed by atoms with E-state index < -0.39 is 0 Å². The minimum atomic E-state index is -0.369. The van der Waals surface area contributed by atoms with Crippen molar-refractivity contribution in [2.75, 3.05) is 5.32 Å². The maximum Gasteiger partial charge on any atom is 0.319 e. The Morgan fingerprint density at radius 1 is 1.24 bits per heavy atom. The first-order valence-corrected chi connectivity index (χ1v) is 9.95. The van der Waals surface area contributed by atoms with Crippen LogP contribution in [0.1, 0.15) is 58.2 Å². The Morgan fingerprint density at radius 2 is 2.03 bits per heavy atom. The van der Waals surface area contributed by atoms with Crippen LogP contribution in [0.3, 0.4) is 0 Å². The van der Waals surface area contributed by atoms with Gasteiger partial charge >= 0.3 is 6.03 Å². The first-order valence-electron chi connectivity index (χ1n) is 9.95. The van der Waals surface area contributed by atoms with Gasteiger partial charge in [-0.2, -0.15) is 5.10 Å². The zero-order chi connectivity index (χ0) is 20.8. The second-order valence-corrected chi connectivity index (χ2v) is 9.36. The first kappa shape index (κ1) is 19.3. The average Bonchev–Trinajstić information content (AvgIpc) is 3.09. The number of H-pyrrole nitrogens is 1. The van der Waals surface area contributed by atoms with Gasteiger partial charge in [0.1, 0.15) is 11.4 Å². The van der Waals surface area contributed by atoms with Gasteiger partial charge in [0.15, 0.2) is 0 Å². The number of rotatable bonds is 2. The lowest BCUT2D eigenvalue weighted by atomic mass is 9.83. The number of hydrogen-bond acceptors (Lipinski definition) is 3. The third-order valence-electron chi connectivity index (χ3n) is 5.38. The highest BCUT2D eigenvalue weighted by Crippen LogP contribution is 2.41. The molecule has 1 atom stereocenters. The monoisotopic (exact) mass is 392 g/mol. The number of nitrogens with one attached hydrogen (secondary N) is 3. The summed E-state index contributed by atoms with van der Waals surface area (Å²) < 4.78 is 6.25. The number of urea groups is 1. The van der Waals surface area contributed by atoms with E-state index in [0.717, 1.165) is 27.9 Å². The molecule has 29 heavy (non-hydrogen) atoms. The molecule has 2 aromatic carbocycles. The molecule has 6 nitrogen and oxygen atoms in total. The van der Waals surface area contributed by atoms with E-state index in [1.807, 2.05) is 18.2 Å². The highest BCUT2D eigenvalue weighted by Gasteiger charge is 2.35. The Balaban J connectivity index is 1.58. The molecule has 152 valence electrons. The normalized spacial score (nSPS) is 18.0. The molecule has 6 heteroatoms. The number of hydrogen-bond donors (Lipinski definition) is 3. The van der Waals surface area contributed by atoms with Gasteiger partial charge in [-0.25, -0.2) is 4.79 Å². The standard InChI is InChI=1S/C23H28N4O2/c1-22(2,3)14-9-10-15-19(12-23(4,5)29-20(15)11-14)26-21(28)25-17-7-6-8-18-16(17)13-24-27-18/h6-11,13,19H,12H2,1-5H3,(H,24,27)(H2,25,26,28). The molecular weight excluding hydrogens is 364 g/mol. The number of amides is 2. The van der Waals surface area contributed by atoms with Gasteiger partial charge in [-0.05, 0) is 43.0 Å². The predicted octanol–water partition coefficient (Wildman–Crippen LogP) is 5.28. The molecule has 1 unspecified atom stereocenters. The molecule has 4 rings (SSSR count). The number of ether oxygens (including phenoxy) is 1. The summed E-state index contributed by atoms with van der Waals surface area (Å²) in [7, 11) is 0. The number of aromatic nitrogens is 2. The Bertz CT molecular complexity index is 1060. The fourth-order valence-electron chi connectivity index (χ4n) is 3.84. The lowest BCUT2D eigenvalue weighted by Gasteiger charge is -2.38. The van der Waals surface area contributed by atoms with Gasteiger partial charge in [-0.15, -0.1) is 0 Å². The van der Waals surface area contributed by atoms with Crippen molar-refractivity contribution in [1.82, 2.24) is 15.5 Å². The molecule has 0 aliphatic carbocycles. The second-order valence-electron chi connectivity index (χ2n) is 9.36. The van der Waals surface area contributed by atoms with Gasteiger partial charge in [-0.3, -0.25) is 5.10 Å². The summed E-state index contributed by atoms with van der Waals surface area (Å²) in [6, 6.07) is 11.6. The van der Waals surface area contributed by atoms with Crippen LogP contribution in [0.4, 0.5) is 10.5 Å². The molecule has 0 spiro atoms. The molecule has 1 aliphatic rings. The van der Waals surface area contributed by atoms with Crippen LogP contribution in [0.5, 0.6) is 5.75 Å². The van der Waals surface area contributed by atoms with Crippen LogP contribution in [0, 0.1) is 0 Å². The summed E-state index contributed by atoms with van der Waals surface area (Å²) >= 11 is 0. The van der Waals surface area contributed by atoms with Crippen molar-refractivity contribution in [3.63, 3.8) is 0 Å². The van der Waals surface area contributed by atoms with E-state index in [4.69, 9.17) is 4.74 Å². The smallest absolute Gasteiger partial charge is 0.319 e. The minimum Gasteiger partial charge on any atom is -0.487 e. The van der Waals surface area contributed by atoms with Gasteiger partial charge in [0, 0.05) is 17.4 Å². The zero-order valence-electron chi connectivity index (χ0n) is 17.6. The first-order chi connectivity index (χ1) is 13.6. The van der Waals surface area contributed by atoms with E-state index in [1.54, 1.807) is 6.20 Å². The van der Waals surface area contributed by atoms with Crippen molar-refractivity contribution in [3.8, 4) is 5.75 Å². The van der Waals surface area contributed by atoms with Crippen molar-refractivity contribution in [1.29, 1.82) is 0 Å². The molecule has 0 bridgehead atoms. The lowest BCUT2D eigenvalue weighted by Crippen LogP contribution is -2.42. The Morgan fingerprint density at radius 3 is 2.79 bits per heavy atom. The fourth-order valence-corrected chi connectivity index (χ4v) is 3.84. The topological polar surface area (TPSA) is 79.0 Å². The molecule has 1 aromatic heterocycles. The van der Waals surface area contributed by atoms with Gasteiger partial charge in [0.25, 0.3) is 0 Å². The quantitative estimate of drug-likeness (QED) is 0.555. The molecule has 2 amide bonds. The van der Waals surface area contributed by atoms with Gasteiger partial charge < -0.3 is 15.4 Å². The third kappa shape index (κ3) is 3.92. The fraction of sp³-hybridized carbons (Fsp3) is 0.391. The maximum absolute atomic E-state index is 12.8. The Kier molecular flexibility index (Phi) is 4.52. The molecular formula is C23H28N4O2. The number of anilines is 1. The maximum atomic E-state index is 12.8. The molecule has 2 heterocycles. The molecule has 3 N–H and O–H groups in total. The molecule has 3 aromatic rings. The zero-order valence-corrected chi connectivity index (χ0v) is 17.6. The summed E-state index contributed by atoms with van der Waals surface area (Å²) in [4.78, 5) is 12.8. The second kappa shape index (κ2) is 6.79. The van der Waals surface area contributed by atoms with E-state index in [2.05, 4.69) is 73.6 Å². The number of benzene rings is 2. The van der Waals surface area contributed by atoms with Crippen molar-refractivity contribution in [3.05, 3.63) is 53.7 Å². The molecule has 0 saturated heterocycles. The van der Waals surface area contributed by atoms with Gasteiger partial charge in [0.05, 0.1) is 23.4 Å². The average molecular weight is 393 g/mol. The number of aromatic amines is 1. The Hall–Kier alpha value is -3.02. The van der Waals surface area contributed by atoms with Crippen LogP contribution in [0.15, 0.2) is 42.6 Å². The summed E-state index contributed by atoms with van der Waals surface area (Å²) in [5.41, 5.74) is 3.49. The Labute approximate surface area is 171 Å². The van der Waals surface area contributed by atoms with Crippen LogP contribution in [-0.2, 0) is 5.41 Å².